The summed E-state index contributed by atoms with van der Waals surface area (Å²) in [6.45, 7) is 21.4. The zero-order valence-corrected chi connectivity index (χ0v) is 31.2. The van der Waals surface area contributed by atoms with E-state index in [9.17, 15) is 9.59 Å². The maximum atomic E-state index is 11.9. The Morgan fingerprint density at radius 3 is 0.940 bits per heavy atom. The number of ether oxygens (including phenoxy) is 13. The summed E-state index contributed by atoms with van der Waals surface area (Å²) in [5.41, 5.74) is -0.148. The average molecular weight is 728 g/mol. The van der Waals surface area contributed by atoms with E-state index < -0.39 is 11.6 Å². The molecule has 0 unspecified atom stereocenters. The number of esters is 1. The molecule has 0 rings (SSSR count). The molecule has 0 aliphatic carbocycles. The molecule has 0 aliphatic heterocycles. The summed E-state index contributed by atoms with van der Waals surface area (Å²) in [7, 11) is 1.68. The Morgan fingerprint density at radius 1 is 0.460 bits per heavy atom. The topological polar surface area (TPSA) is 157 Å². The minimum Gasteiger partial charge on any atom is -0.460 e. The molecule has 0 saturated heterocycles. The third-order valence-corrected chi connectivity index (χ3v) is 5.81. The summed E-state index contributed by atoms with van der Waals surface area (Å²) >= 11 is 0. The second kappa shape index (κ2) is 35.4. The van der Waals surface area contributed by atoms with Crippen LogP contribution in [0.2, 0.25) is 0 Å². The Bertz CT molecular complexity index is 797. The lowest BCUT2D eigenvalue weighted by Crippen LogP contribution is -2.36. The monoisotopic (exact) mass is 727 g/mol. The third-order valence-electron chi connectivity index (χ3n) is 5.81. The van der Waals surface area contributed by atoms with Gasteiger partial charge in [0.15, 0.2) is 0 Å². The fourth-order valence-corrected chi connectivity index (χ4v) is 3.25. The number of nitrogens with zero attached hydrogens (tertiary/aromatic N) is 1. The number of hydrogen-bond donors (Lipinski definition) is 0. The molecule has 0 radical (unpaired) electrons. The van der Waals surface area contributed by atoms with Crippen molar-refractivity contribution in [3.63, 3.8) is 0 Å². The maximum Gasteiger partial charge on any atom is 0.410 e. The largest absolute Gasteiger partial charge is 0.460 e. The van der Waals surface area contributed by atoms with Crippen molar-refractivity contribution in [3.05, 3.63) is 12.2 Å². The van der Waals surface area contributed by atoms with Crippen molar-refractivity contribution in [2.24, 2.45) is 0 Å². The molecule has 0 atom stereocenters. The molecule has 296 valence electrons. The van der Waals surface area contributed by atoms with E-state index in [0.29, 0.717) is 157 Å². The lowest BCUT2D eigenvalue weighted by molar-refractivity contribution is -0.140. The van der Waals surface area contributed by atoms with E-state index >= 15 is 0 Å². The van der Waals surface area contributed by atoms with Gasteiger partial charge in [0.25, 0.3) is 0 Å². The first kappa shape index (κ1) is 48.0. The normalized spacial score (nSPS) is 11.5. The van der Waals surface area contributed by atoms with E-state index in [1.165, 1.54) is 4.90 Å². The minimum atomic E-state index is -0.514. The molecule has 0 bridgehead atoms. The van der Waals surface area contributed by atoms with Crippen LogP contribution in [0.4, 0.5) is 4.79 Å². The van der Waals surface area contributed by atoms with Crippen LogP contribution in [0.5, 0.6) is 0 Å². The molecule has 0 aromatic heterocycles. The molecule has 50 heavy (non-hydrogen) atoms. The number of likely N-dealkylation sites (N-methyl/N-ethyl adjacent to an activating group) is 1. The number of amides is 1. The second-order valence-electron chi connectivity index (χ2n) is 11.6. The van der Waals surface area contributed by atoms with E-state index in [4.69, 9.17) is 61.6 Å². The Balaban J connectivity index is 3.16. The van der Waals surface area contributed by atoms with Crippen molar-refractivity contribution < 1.29 is 71.2 Å². The van der Waals surface area contributed by atoms with Crippen molar-refractivity contribution in [3.8, 4) is 0 Å². The first-order valence-electron chi connectivity index (χ1n) is 17.3. The van der Waals surface area contributed by atoms with Crippen molar-refractivity contribution in [2.45, 2.75) is 33.3 Å². The van der Waals surface area contributed by atoms with Crippen LogP contribution in [0.15, 0.2) is 12.2 Å². The van der Waals surface area contributed by atoms with Crippen molar-refractivity contribution in [1.82, 2.24) is 4.90 Å². The molecule has 0 aromatic carbocycles. The number of carbonyl (C=O) groups excluding carboxylic acids is 2. The van der Waals surface area contributed by atoms with Gasteiger partial charge in [-0.15, -0.1) is 0 Å². The highest BCUT2D eigenvalue weighted by atomic mass is 16.6. The second-order valence-corrected chi connectivity index (χ2v) is 11.6. The first-order valence-corrected chi connectivity index (χ1v) is 17.3. The molecule has 0 spiro atoms. The van der Waals surface area contributed by atoms with Gasteiger partial charge in [0.05, 0.1) is 145 Å². The summed E-state index contributed by atoms with van der Waals surface area (Å²) < 4.78 is 70.1. The molecular formula is C34H65NO15. The quantitative estimate of drug-likeness (QED) is 0.0521. The molecule has 0 fully saturated rings. The molecule has 0 N–H and O–H groups in total. The fraction of sp³-hybridized carbons (Fsp3) is 0.882. The lowest BCUT2D eigenvalue weighted by atomic mass is 10.2. The van der Waals surface area contributed by atoms with Gasteiger partial charge in [-0.05, 0) is 27.7 Å². The molecule has 16 nitrogen and oxygen atoms in total. The third kappa shape index (κ3) is 37.3. The van der Waals surface area contributed by atoms with Gasteiger partial charge in [0, 0.05) is 19.2 Å². The highest BCUT2D eigenvalue weighted by Crippen LogP contribution is 2.08. The van der Waals surface area contributed by atoms with Gasteiger partial charge < -0.3 is 66.5 Å². The Kier molecular flexibility index (Phi) is 34.1. The predicted octanol–water partition coefficient (Wildman–Crippen LogP) is 2.16. The van der Waals surface area contributed by atoms with E-state index in [0.717, 1.165) is 0 Å². The number of hydrogen-bond acceptors (Lipinski definition) is 15. The number of rotatable bonds is 37. The van der Waals surface area contributed by atoms with Crippen LogP contribution in [-0.2, 0) is 66.4 Å². The van der Waals surface area contributed by atoms with Crippen molar-refractivity contribution in [2.75, 3.05) is 166 Å². The standard InChI is InChI=1S/C34H65NO15/c1-31(2)32(36)49-30-29-48-28-27-47-26-25-46-24-23-45-22-21-44-20-19-43-18-17-42-16-15-41-14-13-40-12-11-39-10-9-38-8-7-35(6)33(37)50-34(3,4)5/h1,7-30H2,2-6H3. The average Bonchev–Trinajstić information content (AvgIpc) is 3.07. The summed E-state index contributed by atoms with van der Waals surface area (Å²) in [6, 6.07) is 0. The van der Waals surface area contributed by atoms with Crippen LogP contribution in [0.3, 0.4) is 0 Å². The van der Waals surface area contributed by atoms with Crippen molar-refractivity contribution in [1.29, 1.82) is 0 Å². The Hall–Kier alpha value is -1.96. The van der Waals surface area contributed by atoms with Crippen LogP contribution in [0.1, 0.15) is 27.7 Å². The van der Waals surface area contributed by atoms with Gasteiger partial charge in [0.2, 0.25) is 0 Å². The highest BCUT2D eigenvalue weighted by molar-refractivity contribution is 5.86. The molecule has 0 aliphatic rings. The van der Waals surface area contributed by atoms with Crippen LogP contribution in [0, 0.1) is 0 Å². The predicted molar refractivity (Wildman–Crippen MR) is 184 cm³/mol. The first-order chi connectivity index (χ1) is 24.1. The molecular weight excluding hydrogens is 662 g/mol. The zero-order chi connectivity index (χ0) is 37.0. The smallest absolute Gasteiger partial charge is 0.410 e. The lowest BCUT2D eigenvalue weighted by Gasteiger charge is -2.24. The summed E-state index contributed by atoms with van der Waals surface area (Å²) in [4.78, 5) is 24.5. The van der Waals surface area contributed by atoms with Crippen LogP contribution >= 0.6 is 0 Å². The summed E-state index contributed by atoms with van der Waals surface area (Å²) in [6.07, 6.45) is -0.368. The van der Waals surface area contributed by atoms with E-state index in [1.807, 2.05) is 20.8 Å². The van der Waals surface area contributed by atoms with Crippen LogP contribution in [-0.4, -0.2) is 188 Å². The Morgan fingerprint density at radius 2 is 0.700 bits per heavy atom. The minimum absolute atomic E-state index is 0.194. The van der Waals surface area contributed by atoms with Gasteiger partial charge >= 0.3 is 12.1 Å². The van der Waals surface area contributed by atoms with E-state index in [2.05, 4.69) is 6.58 Å². The fourth-order valence-electron chi connectivity index (χ4n) is 3.25. The molecule has 0 saturated carbocycles. The maximum absolute atomic E-state index is 11.9. The summed E-state index contributed by atoms with van der Waals surface area (Å²) in [5.74, 6) is -0.417. The number of carbonyl (C=O) groups is 2. The Labute approximate surface area is 299 Å². The SMILES string of the molecule is C=C(C)C(=O)OCCOCCOCCOCCOCCOCCOCCOCCOCCOCCOCCOCCN(C)C(=O)OC(C)(C)C. The highest BCUT2D eigenvalue weighted by Gasteiger charge is 2.19. The molecule has 0 heterocycles. The zero-order valence-electron chi connectivity index (χ0n) is 31.2. The van der Waals surface area contributed by atoms with Gasteiger partial charge in [-0.2, -0.15) is 0 Å². The van der Waals surface area contributed by atoms with E-state index in [1.54, 1.807) is 14.0 Å². The molecule has 0 aromatic rings. The van der Waals surface area contributed by atoms with Crippen molar-refractivity contribution >= 4 is 12.1 Å². The van der Waals surface area contributed by atoms with Gasteiger partial charge in [0.1, 0.15) is 12.2 Å². The van der Waals surface area contributed by atoms with Gasteiger partial charge in [-0.1, -0.05) is 6.58 Å². The molecule has 1 amide bonds. The van der Waals surface area contributed by atoms with Gasteiger partial charge in [-0.3, -0.25) is 0 Å². The van der Waals surface area contributed by atoms with Gasteiger partial charge in [-0.25, -0.2) is 9.59 Å². The van der Waals surface area contributed by atoms with Crippen LogP contribution < -0.4 is 0 Å². The van der Waals surface area contributed by atoms with E-state index in [-0.39, 0.29) is 12.7 Å². The van der Waals surface area contributed by atoms with Crippen LogP contribution in [0.25, 0.3) is 0 Å². The molecule has 16 heteroatoms. The summed E-state index contributed by atoms with van der Waals surface area (Å²) in [5, 5.41) is 0.